The fourth-order valence-electron chi connectivity index (χ4n) is 4.14. The van der Waals surface area contributed by atoms with E-state index in [1.54, 1.807) is 0 Å². The second-order valence-corrected chi connectivity index (χ2v) is 11.4. The van der Waals surface area contributed by atoms with E-state index in [0.717, 1.165) is 25.0 Å². The highest BCUT2D eigenvalue weighted by molar-refractivity contribution is 6.38. The number of ketones is 1. The molecule has 1 saturated carbocycles. The monoisotopic (exact) mass is 548 g/mol. The highest BCUT2D eigenvalue weighted by Crippen LogP contribution is 2.23. The first-order valence-electron chi connectivity index (χ1n) is 12.7. The molecule has 1 aromatic rings. The molecule has 0 aromatic heterocycles. The molecule has 1 unspecified atom stereocenters. The minimum absolute atomic E-state index is 0.0274. The summed E-state index contributed by atoms with van der Waals surface area (Å²) in [5.74, 6) is -4.30. The topological polar surface area (TPSA) is 133 Å². The van der Waals surface area contributed by atoms with Gasteiger partial charge in [-0.15, -0.1) is 0 Å². The van der Waals surface area contributed by atoms with E-state index in [1.165, 1.54) is 18.2 Å². The number of hydrogen-bond acceptors (Lipinski definition) is 5. The number of hydrogen-bond donors (Lipinski definition) is 4. The van der Waals surface area contributed by atoms with Gasteiger partial charge in [-0.1, -0.05) is 38.4 Å². The first-order valence-corrected chi connectivity index (χ1v) is 13.1. The summed E-state index contributed by atoms with van der Waals surface area (Å²) in [6.07, 6.45) is 4.61. The minimum atomic E-state index is -1.23. The van der Waals surface area contributed by atoms with Crippen LogP contribution in [0, 0.1) is 17.2 Å². The molecule has 1 heterocycles. The molecule has 2 aliphatic rings. The summed E-state index contributed by atoms with van der Waals surface area (Å²) in [5.41, 5.74) is -0.251. The van der Waals surface area contributed by atoms with Gasteiger partial charge in [-0.2, -0.15) is 0 Å². The molecule has 206 valence electrons. The van der Waals surface area contributed by atoms with E-state index in [0.29, 0.717) is 13.0 Å². The molecule has 11 heteroatoms. The van der Waals surface area contributed by atoms with E-state index in [2.05, 4.69) is 21.3 Å². The average molecular weight is 549 g/mol. The van der Waals surface area contributed by atoms with Crippen LogP contribution in [0.15, 0.2) is 24.3 Å². The van der Waals surface area contributed by atoms with E-state index in [4.69, 9.17) is 11.6 Å². The van der Waals surface area contributed by atoms with Crippen molar-refractivity contribution < 1.29 is 28.4 Å². The Morgan fingerprint density at radius 2 is 1.84 bits per heavy atom. The summed E-state index contributed by atoms with van der Waals surface area (Å²) < 4.78 is 14.1. The van der Waals surface area contributed by atoms with Crippen molar-refractivity contribution in [2.45, 2.75) is 71.0 Å². The second-order valence-electron chi connectivity index (χ2n) is 11.0. The van der Waals surface area contributed by atoms with Crippen LogP contribution < -0.4 is 21.3 Å². The molecule has 4 amide bonds. The normalized spacial score (nSPS) is 19.0. The summed E-state index contributed by atoms with van der Waals surface area (Å²) >= 11 is 5.76. The van der Waals surface area contributed by atoms with Gasteiger partial charge in [-0.3, -0.25) is 24.0 Å². The van der Waals surface area contributed by atoms with E-state index in [1.807, 2.05) is 20.8 Å². The van der Waals surface area contributed by atoms with Crippen LogP contribution in [0.5, 0.6) is 0 Å². The lowest BCUT2D eigenvalue weighted by Crippen LogP contribution is -2.55. The summed E-state index contributed by atoms with van der Waals surface area (Å²) in [6, 6.07) is 1.69. The molecule has 9 nitrogen and oxygen atoms in total. The summed E-state index contributed by atoms with van der Waals surface area (Å²) in [4.78, 5) is 63.6. The fourth-order valence-corrected chi connectivity index (χ4v) is 4.30. The van der Waals surface area contributed by atoms with Gasteiger partial charge in [0, 0.05) is 35.2 Å². The van der Waals surface area contributed by atoms with Crippen molar-refractivity contribution in [2.75, 3.05) is 6.54 Å². The summed E-state index contributed by atoms with van der Waals surface area (Å²) in [6.45, 7) is 6.10. The van der Waals surface area contributed by atoms with Crippen molar-refractivity contribution in [1.82, 2.24) is 21.3 Å². The quantitative estimate of drug-likeness (QED) is 0.249. The maximum absolute atomic E-state index is 14.1. The fraction of sp³-hybridized carbons (Fsp3) is 0.519. The lowest BCUT2D eigenvalue weighted by molar-refractivity contribution is -0.141. The highest BCUT2D eigenvalue weighted by atomic mass is 35.5. The average Bonchev–Trinajstić information content (AvgIpc) is 3.55. The zero-order valence-electron chi connectivity index (χ0n) is 21.7. The molecular weight excluding hydrogens is 515 g/mol. The van der Waals surface area contributed by atoms with Crippen LogP contribution in [0.2, 0.25) is 5.02 Å². The number of carbonyl (C=O) groups excluding carboxylic acids is 5. The van der Waals surface area contributed by atoms with Crippen molar-refractivity contribution in [2.24, 2.45) is 11.3 Å². The molecule has 1 saturated heterocycles. The van der Waals surface area contributed by atoms with E-state index < -0.39 is 52.7 Å². The largest absolute Gasteiger partial charge is 0.356 e. The Balaban J connectivity index is 1.74. The smallest absolute Gasteiger partial charge is 0.289 e. The molecule has 0 bridgehead atoms. The van der Waals surface area contributed by atoms with Crippen LogP contribution in [-0.4, -0.2) is 54.1 Å². The van der Waals surface area contributed by atoms with Crippen LogP contribution in [-0.2, 0) is 24.0 Å². The van der Waals surface area contributed by atoms with Crippen molar-refractivity contribution >= 4 is 47.1 Å². The predicted octanol–water partition coefficient (Wildman–Crippen LogP) is 2.27. The van der Waals surface area contributed by atoms with Crippen molar-refractivity contribution in [3.05, 3.63) is 40.7 Å². The molecule has 1 aliphatic carbocycles. The molecule has 3 atom stereocenters. The van der Waals surface area contributed by atoms with Crippen molar-refractivity contribution in [1.29, 1.82) is 0 Å². The maximum Gasteiger partial charge on any atom is 0.289 e. The molecule has 1 aromatic carbocycles. The van der Waals surface area contributed by atoms with Crippen LogP contribution in [0.3, 0.4) is 0 Å². The molecule has 2 fully saturated rings. The Labute approximate surface area is 226 Å². The second kappa shape index (κ2) is 12.5. The Bertz CT molecular complexity index is 1130. The van der Waals surface area contributed by atoms with Crippen molar-refractivity contribution in [3.8, 4) is 0 Å². The summed E-state index contributed by atoms with van der Waals surface area (Å²) in [5, 5.41) is 10.8. The van der Waals surface area contributed by atoms with Crippen molar-refractivity contribution in [3.63, 3.8) is 0 Å². The third-order valence-electron chi connectivity index (χ3n) is 6.28. The zero-order chi connectivity index (χ0) is 28.0. The number of amides is 4. The van der Waals surface area contributed by atoms with Gasteiger partial charge in [0.2, 0.25) is 23.5 Å². The van der Waals surface area contributed by atoms with Crippen LogP contribution >= 0.6 is 11.6 Å². The van der Waals surface area contributed by atoms with E-state index in [-0.39, 0.29) is 35.4 Å². The van der Waals surface area contributed by atoms with E-state index in [9.17, 15) is 28.4 Å². The Hall–Kier alpha value is -3.27. The number of halogens is 2. The minimum Gasteiger partial charge on any atom is -0.356 e. The molecule has 4 N–H and O–H groups in total. The zero-order valence-corrected chi connectivity index (χ0v) is 22.5. The highest BCUT2D eigenvalue weighted by Gasteiger charge is 2.37. The molecule has 0 radical (unpaired) electrons. The predicted molar refractivity (Wildman–Crippen MR) is 140 cm³/mol. The Morgan fingerprint density at radius 3 is 2.42 bits per heavy atom. The van der Waals surface area contributed by atoms with Gasteiger partial charge in [0.05, 0.1) is 6.04 Å². The Kier molecular flexibility index (Phi) is 9.65. The molecule has 1 aliphatic heterocycles. The molecule has 3 rings (SSSR count). The third-order valence-corrected chi connectivity index (χ3v) is 6.51. The standard InChI is InChI=1S/C27H34ClFN4O5/c1-27(2,3)14-21(32-22(34)9-5-15-4-6-17(28)13-19(15)29)25(37)33-20(12-16-10-11-30-24(16)36)23(35)26(38)31-18-7-8-18/h4-6,9,13,16,18,20-21H,7-8,10-12,14H2,1-3H3,(H,30,36)(H,31,38)(H,32,34)(H,33,37)/b9-5+/t16-,20?,21-/m0/s1. The van der Waals surface area contributed by atoms with Crippen LogP contribution in [0.25, 0.3) is 6.08 Å². The summed E-state index contributed by atoms with van der Waals surface area (Å²) in [7, 11) is 0. The number of Topliss-reactive ketones (excluding diaryl/α,β-unsaturated/α-hetero) is 1. The number of carbonyl (C=O) groups is 5. The first kappa shape index (κ1) is 29.3. The van der Waals surface area contributed by atoms with Crippen LogP contribution in [0.1, 0.15) is 58.4 Å². The lowest BCUT2D eigenvalue weighted by Gasteiger charge is -2.28. The van der Waals surface area contributed by atoms with Gasteiger partial charge in [0.25, 0.3) is 5.91 Å². The van der Waals surface area contributed by atoms with Gasteiger partial charge in [0.1, 0.15) is 11.9 Å². The number of nitrogens with one attached hydrogen (secondary N) is 4. The Morgan fingerprint density at radius 1 is 1.13 bits per heavy atom. The first-order chi connectivity index (χ1) is 17.8. The van der Waals surface area contributed by atoms with Gasteiger partial charge in [-0.05, 0) is 55.7 Å². The maximum atomic E-state index is 14.1. The third kappa shape index (κ3) is 8.93. The van der Waals surface area contributed by atoms with Gasteiger partial charge < -0.3 is 21.3 Å². The van der Waals surface area contributed by atoms with Gasteiger partial charge >= 0.3 is 0 Å². The SMILES string of the molecule is CC(C)(C)C[C@H](NC(=O)/C=C/c1ccc(Cl)cc1F)C(=O)NC(C[C@@H]1CCNC1=O)C(=O)C(=O)NC1CC1. The van der Waals surface area contributed by atoms with E-state index >= 15 is 0 Å². The molecule has 38 heavy (non-hydrogen) atoms. The molecular formula is C27H34ClFN4O5. The van der Waals surface area contributed by atoms with Gasteiger partial charge in [-0.25, -0.2) is 4.39 Å². The lowest BCUT2D eigenvalue weighted by atomic mass is 9.87. The molecule has 0 spiro atoms. The van der Waals surface area contributed by atoms with Crippen LogP contribution in [0.4, 0.5) is 4.39 Å². The number of benzene rings is 1. The van der Waals surface area contributed by atoms with Gasteiger partial charge in [0.15, 0.2) is 0 Å². The number of rotatable bonds is 11.